The number of benzene rings is 1. The molecule has 0 saturated carbocycles. The maximum atomic E-state index is 12.7. The molecule has 2 aromatic heterocycles. The monoisotopic (exact) mass is 466 g/mol. The van der Waals surface area contributed by atoms with Gasteiger partial charge in [-0.3, -0.25) is 4.79 Å². The standard InChI is InChI=1S/C27H34N2O5/c1-4-33-27(31)21-16-28-22(15-25(21)30)24-14-20-23(29(24)11-8-18(2)3)6-5-7-26(20)34-17-19-9-12-32-13-10-19/h5-7,14-16,18-19H,4,8-13,17H2,1-3H3,(H,28,30). The maximum absolute atomic E-state index is 12.7. The summed E-state index contributed by atoms with van der Waals surface area (Å²) in [5, 5.41) is 1.02. The lowest BCUT2D eigenvalue weighted by molar-refractivity contribution is 0.0500. The Bertz CT molecular complexity index is 1190. The average Bonchev–Trinajstić information content (AvgIpc) is 3.21. The first-order valence-corrected chi connectivity index (χ1v) is 12.2. The smallest absolute Gasteiger partial charge is 0.343 e. The second-order valence-electron chi connectivity index (χ2n) is 9.26. The normalized spacial score (nSPS) is 14.6. The molecule has 3 heterocycles. The molecule has 7 nitrogen and oxygen atoms in total. The first-order chi connectivity index (χ1) is 16.5. The van der Waals surface area contributed by atoms with Gasteiger partial charge in [0, 0.05) is 37.4 Å². The molecule has 0 bridgehead atoms. The highest BCUT2D eigenvalue weighted by Gasteiger charge is 2.19. The number of rotatable bonds is 9. The molecule has 4 rings (SSSR count). The van der Waals surface area contributed by atoms with Crippen LogP contribution < -0.4 is 10.2 Å². The van der Waals surface area contributed by atoms with Crippen LogP contribution in [-0.2, 0) is 16.0 Å². The van der Waals surface area contributed by atoms with Gasteiger partial charge in [0.1, 0.15) is 11.3 Å². The lowest BCUT2D eigenvalue weighted by Gasteiger charge is -2.22. The van der Waals surface area contributed by atoms with E-state index < -0.39 is 5.97 Å². The second-order valence-corrected chi connectivity index (χ2v) is 9.26. The van der Waals surface area contributed by atoms with Crippen LogP contribution in [0.5, 0.6) is 5.75 Å². The number of aromatic nitrogens is 2. The first kappa shape index (κ1) is 24.1. The third-order valence-electron chi connectivity index (χ3n) is 6.34. The number of fused-ring (bicyclic) bond motifs is 1. The van der Waals surface area contributed by atoms with Crippen LogP contribution in [0.2, 0.25) is 0 Å². The van der Waals surface area contributed by atoms with E-state index in [0.717, 1.165) is 61.4 Å². The van der Waals surface area contributed by atoms with Gasteiger partial charge in [0.25, 0.3) is 0 Å². The van der Waals surface area contributed by atoms with E-state index in [4.69, 9.17) is 14.2 Å². The number of aromatic amines is 1. The zero-order chi connectivity index (χ0) is 24.1. The Balaban J connectivity index is 1.71. The molecule has 3 aromatic rings. The molecule has 0 amide bonds. The van der Waals surface area contributed by atoms with Crippen molar-refractivity contribution < 1.29 is 19.0 Å². The summed E-state index contributed by atoms with van der Waals surface area (Å²) in [4.78, 5) is 27.9. The molecule has 182 valence electrons. The number of aryl methyl sites for hydroxylation is 1. The highest BCUT2D eigenvalue weighted by atomic mass is 16.5. The largest absolute Gasteiger partial charge is 0.493 e. The molecule has 1 saturated heterocycles. The number of carbonyl (C=O) groups excluding carboxylic acids is 1. The molecule has 1 aromatic carbocycles. The third-order valence-corrected chi connectivity index (χ3v) is 6.34. The van der Waals surface area contributed by atoms with Crippen LogP contribution in [0, 0.1) is 11.8 Å². The van der Waals surface area contributed by atoms with Gasteiger partial charge >= 0.3 is 5.97 Å². The van der Waals surface area contributed by atoms with E-state index in [0.29, 0.717) is 24.1 Å². The molecular weight excluding hydrogens is 432 g/mol. The molecule has 1 fully saturated rings. The summed E-state index contributed by atoms with van der Waals surface area (Å²) in [6.07, 6.45) is 4.48. The lowest BCUT2D eigenvalue weighted by Crippen LogP contribution is -2.21. The van der Waals surface area contributed by atoms with Gasteiger partial charge < -0.3 is 23.8 Å². The number of hydrogen-bond acceptors (Lipinski definition) is 5. The van der Waals surface area contributed by atoms with E-state index in [-0.39, 0.29) is 17.6 Å². The zero-order valence-electron chi connectivity index (χ0n) is 20.3. The van der Waals surface area contributed by atoms with Crippen molar-refractivity contribution in [2.75, 3.05) is 26.4 Å². The minimum absolute atomic E-state index is 0.0101. The summed E-state index contributed by atoms with van der Waals surface area (Å²) in [5.41, 5.74) is 2.27. The van der Waals surface area contributed by atoms with Gasteiger partial charge in [-0.2, -0.15) is 0 Å². The van der Waals surface area contributed by atoms with Gasteiger partial charge in [-0.25, -0.2) is 4.79 Å². The predicted octanol–water partition coefficient (Wildman–Crippen LogP) is 5.02. The van der Waals surface area contributed by atoms with E-state index in [1.807, 2.05) is 12.1 Å². The Morgan fingerprint density at radius 1 is 1.24 bits per heavy atom. The van der Waals surface area contributed by atoms with Crippen molar-refractivity contribution in [3.63, 3.8) is 0 Å². The Hall–Kier alpha value is -3.06. The molecule has 0 unspecified atom stereocenters. The van der Waals surface area contributed by atoms with Crippen molar-refractivity contribution in [3.8, 4) is 17.1 Å². The zero-order valence-corrected chi connectivity index (χ0v) is 20.3. The Labute approximate surface area is 200 Å². The molecule has 34 heavy (non-hydrogen) atoms. The van der Waals surface area contributed by atoms with Crippen LogP contribution in [0.3, 0.4) is 0 Å². The third kappa shape index (κ3) is 5.36. The summed E-state index contributed by atoms with van der Waals surface area (Å²) in [5.74, 6) is 1.26. The number of H-pyrrole nitrogens is 1. The van der Waals surface area contributed by atoms with Crippen LogP contribution in [0.1, 0.15) is 50.4 Å². The number of pyridine rings is 1. The molecule has 1 aliphatic rings. The Kier molecular flexibility index (Phi) is 7.73. The highest BCUT2D eigenvalue weighted by molar-refractivity contribution is 5.92. The summed E-state index contributed by atoms with van der Waals surface area (Å²) in [6.45, 7) is 9.40. The van der Waals surface area contributed by atoms with E-state index in [1.165, 1.54) is 12.3 Å². The lowest BCUT2D eigenvalue weighted by atomic mass is 10.0. The van der Waals surface area contributed by atoms with Gasteiger partial charge in [0.2, 0.25) is 0 Å². The van der Waals surface area contributed by atoms with Crippen molar-refractivity contribution in [2.24, 2.45) is 11.8 Å². The number of nitrogens with one attached hydrogen (secondary N) is 1. The predicted molar refractivity (Wildman–Crippen MR) is 132 cm³/mol. The Morgan fingerprint density at radius 2 is 2.03 bits per heavy atom. The SMILES string of the molecule is CCOC(=O)c1c[nH]c(-c2cc3c(OCC4CCOCC4)cccc3n2CCC(C)C)cc1=O. The van der Waals surface area contributed by atoms with E-state index >= 15 is 0 Å². The summed E-state index contributed by atoms with van der Waals surface area (Å²) in [7, 11) is 0. The molecule has 0 spiro atoms. The van der Waals surface area contributed by atoms with Crippen LogP contribution in [0.15, 0.2) is 41.3 Å². The van der Waals surface area contributed by atoms with Crippen LogP contribution >= 0.6 is 0 Å². The van der Waals surface area contributed by atoms with E-state index in [1.54, 1.807) is 6.92 Å². The number of ether oxygens (including phenoxy) is 3. The average molecular weight is 467 g/mol. The second kappa shape index (κ2) is 10.9. The fourth-order valence-electron chi connectivity index (χ4n) is 4.34. The van der Waals surface area contributed by atoms with Gasteiger partial charge in [-0.1, -0.05) is 19.9 Å². The van der Waals surface area contributed by atoms with Gasteiger partial charge in [-0.15, -0.1) is 0 Å². The number of carbonyl (C=O) groups is 1. The van der Waals surface area contributed by atoms with Gasteiger partial charge in [0.15, 0.2) is 5.43 Å². The molecule has 0 aliphatic carbocycles. The molecule has 1 N–H and O–H groups in total. The van der Waals surface area contributed by atoms with Crippen LogP contribution in [0.25, 0.3) is 22.3 Å². The molecule has 0 radical (unpaired) electrons. The molecular formula is C27H34N2O5. The summed E-state index contributed by atoms with van der Waals surface area (Å²) in [6, 6.07) is 9.67. The van der Waals surface area contributed by atoms with Crippen molar-refractivity contribution >= 4 is 16.9 Å². The van der Waals surface area contributed by atoms with Crippen molar-refractivity contribution in [1.29, 1.82) is 0 Å². The fraction of sp³-hybridized carbons (Fsp3) is 0.481. The maximum Gasteiger partial charge on any atom is 0.343 e. The number of hydrogen-bond donors (Lipinski definition) is 1. The van der Waals surface area contributed by atoms with E-state index in [9.17, 15) is 9.59 Å². The first-order valence-electron chi connectivity index (χ1n) is 12.2. The fourth-order valence-corrected chi connectivity index (χ4v) is 4.34. The van der Waals surface area contributed by atoms with Crippen LogP contribution in [0.4, 0.5) is 0 Å². The topological polar surface area (TPSA) is 82.6 Å². The molecule has 1 aliphatic heterocycles. The summed E-state index contributed by atoms with van der Waals surface area (Å²) >= 11 is 0. The summed E-state index contributed by atoms with van der Waals surface area (Å²) < 4.78 is 19.0. The molecule has 7 heteroatoms. The van der Waals surface area contributed by atoms with Crippen molar-refractivity contribution in [1.82, 2.24) is 9.55 Å². The van der Waals surface area contributed by atoms with E-state index in [2.05, 4.69) is 35.5 Å². The number of nitrogens with zero attached hydrogens (tertiary/aromatic N) is 1. The molecule has 0 atom stereocenters. The van der Waals surface area contributed by atoms with Crippen LogP contribution in [-0.4, -0.2) is 41.9 Å². The minimum Gasteiger partial charge on any atom is -0.493 e. The quantitative estimate of drug-likeness (QED) is 0.448. The van der Waals surface area contributed by atoms with Gasteiger partial charge in [0.05, 0.1) is 30.1 Å². The Morgan fingerprint density at radius 3 is 2.74 bits per heavy atom. The highest BCUT2D eigenvalue weighted by Crippen LogP contribution is 2.34. The minimum atomic E-state index is -0.612. The van der Waals surface area contributed by atoms with Gasteiger partial charge in [-0.05, 0) is 56.2 Å². The number of esters is 1. The van der Waals surface area contributed by atoms with Crippen molar-refractivity contribution in [3.05, 3.63) is 52.3 Å². The van der Waals surface area contributed by atoms with Crippen molar-refractivity contribution in [2.45, 2.75) is 46.6 Å².